The molecular formula is C15H19N3O2. The van der Waals surface area contributed by atoms with Crippen molar-refractivity contribution in [2.45, 2.75) is 25.8 Å². The molecule has 0 unspecified atom stereocenters. The number of amides is 1. The Labute approximate surface area is 117 Å². The second-order valence-electron chi connectivity index (χ2n) is 5.48. The largest absolute Gasteiger partial charge is 0.356 e. The number of aromatic nitrogens is 2. The van der Waals surface area contributed by atoms with Gasteiger partial charge in [0.15, 0.2) is 0 Å². The third kappa shape index (κ3) is 2.24. The molecule has 0 aliphatic carbocycles. The lowest BCUT2D eigenvalue weighted by Gasteiger charge is -2.13. The lowest BCUT2D eigenvalue weighted by atomic mass is 10.0. The van der Waals surface area contributed by atoms with Crippen molar-refractivity contribution in [1.29, 1.82) is 0 Å². The minimum absolute atomic E-state index is 0.0229. The monoisotopic (exact) mass is 273 g/mol. The number of rotatable bonds is 2. The number of carbonyl (C=O) groups is 1. The number of nitrogens with one attached hydrogen (secondary N) is 1. The van der Waals surface area contributed by atoms with E-state index in [4.69, 9.17) is 0 Å². The van der Waals surface area contributed by atoms with Crippen molar-refractivity contribution in [2.75, 3.05) is 6.54 Å². The molecule has 2 aromatic rings. The summed E-state index contributed by atoms with van der Waals surface area (Å²) in [5.41, 5.74) is 1.96. The fourth-order valence-electron chi connectivity index (χ4n) is 2.96. The highest BCUT2D eigenvalue weighted by molar-refractivity contribution is 5.76. The number of carbonyl (C=O) groups excluding carboxylic acids is 1. The van der Waals surface area contributed by atoms with E-state index in [2.05, 4.69) is 5.32 Å². The van der Waals surface area contributed by atoms with E-state index in [-0.39, 0.29) is 11.6 Å². The Morgan fingerprint density at radius 3 is 2.75 bits per heavy atom. The molecule has 1 aromatic carbocycles. The first-order chi connectivity index (χ1) is 9.66. The lowest BCUT2D eigenvalue weighted by molar-refractivity contribution is -0.120. The van der Waals surface area contributed by atoms with Gasteiger partial charge < -0.3 is 5.32 Å². The van der Waals surface area contributed by atoms with Crippen molar-refractivity contribution in [3.63, 3.8) is 0 Å². The summed E-state index contributed by atoms with van der Waals surface area (Å²) in [7, 11) is 1.80. The number of hydrogen-bond acceptors (Lipinski definition) is 2. The summed E-state index contributed by atoms with van der Waals surface area (Å²) in [6.45, 7) is 1.40. The molecule has 0 bridgehead atoms. The Kier molecular flexibility index (Phi) is 3.34. The van der Waals surface area contributed by atoms with Crippen LogP contribution in [0.3, 0.4) is 0 Å². The first kappa shape index (κ1) is 13.0. The highest BCUT2D eigenvalue weighted by Gasteiger charge is 2.19. The van der Waals surface area contributed by atoms with E-state index in [9.17, 15) is 9.59 Å². The number of para-hydroxylation sites is 2. The number of hydrogen-bond donors (Lipinski definition) is 1. The summed E-state index contributed by atoms with van der Waals surface area (Å²) in [6, 6.07) is 7.85. The van der Waals surface area contributed by atoms with Crippen molar-refractivity contribution in [1.82, 2.24) is 14.5 Å². The predicted octanol–water partition coefficient (Wildman–Crippen LogP) is 1.26. The molecule has 1 aliphatic rings. The molecule has 1 N–H and O–H groups in total. The highest BCUT2D eigenvalue weighted by atomic mass is 16.2. The third-order valence-electron chi connectivity index (χ3n) is 4.15. The summed E-state index contributed by atoms with van der Waals surface area (Å²) in [5, 5.41) is 2.89. The maximum atomic E-state index is 12.4. The topological polar surface area (TPSA) is 56.0 Å². The second kappa shape index (κ2) is 5.15. The van der Waals surface area contributed by atoms with Gasteiger partial charge in [0.25, 0.3) is 0 Å². The van der Waals surface area contributed by atoms with Crippen LogP contribution in [-0.2, 0) is 18.4 Å². The molecule has 1 aromatic heterocycles. The normalized spacial score (nSPS) is 19.9. The summed E-state index contributed by atoms with van der Waals surface area (Å²) in [4.78, 5) is 23.7. The quantitative estimate of drug-likeness (QED) is 0.895. The lowest BCUT2D eigenvalue weighted by Crippen LogP contribution is -2.26. The zero-order valence-corrected chi connectivity index (χ0v) is 11.6. The van der Waals surface area contributed by atoms with E-state index in [0.29, 0.717) is 25.4 Å². The Morgan fingerprint density at radius 1 is 1.20 bits per heavy atom. The smallest absolute Gasteiger partial charge is 0.328 e. The molecule has 5 heteroatoms. The Morgan fingerprint density at radius 2 is 1.95 bits per heavy atom. The van der Waals surface area contributed by atoms with Crippen LogP contribution < -0.4 is 11.0 Å². The second-order valence-corrected chi connectivity index (χ2v) is 5.48. The van der Waals surface area contributed by atoms with Crippen LogP contribution in [-0.4, -0.2) is 21.6 Å². The van der Waals surface area contributed by atoms with Crippen LogP contribution in [0.2, 0.25) is 0 Å². The minimum atomic E-state index is 0.0229. The molecule has 0 radical (unpaired) electrons. The molecule has 0 spiro atoms. The number of benzene rings is 1. The maximum absolute atomic E-state index is 12.4. The fraction of sp³-hybridized carbons (Fsp3) is 0.467. The van der Waals surface area contributed by atoms with Crippen LogP contribution >= 0.6 is 0 Å². The SMILES string of the molecule is Cn1c(=O)n(C[C@@H]2CCNC(=O)CC2)c2ccccc21. The number of nitrogens with zero attached hydrogens (tertiary/aromatic N) is 2. The molecule has 1 atom stereocenters. The molecule has 3 rings (SSSR count). The van der Waals surface area contributed by atoms with Gasteiger partial charge in [0.2, 0.25) is 5.91 Å². The van der Waals surface area contributed by atoms with Gasteiger partial charge in [0.05, 0.1) is 11.0 Å². The van der Waals surface area contributed by atoms with Gasteiger partial charge in [-0.25, -0.2) is 4.79 Å². The summed E-state index contributed by atoms with van der Waals surface area (Å²) < 4.78 is 3.53. The van der Waals surface area contributed by atoms with Gasteiger partial charge in [-0.05, 0) is 30.9 Å². The van der Waals surface area contributed by atoms with Crippen LogP contribution in [0.25, 0.3) is 11.0 Å². The predicted molar refractivity (Wildman–Crippen MR) is 77.5 cm³/mol. The first-order valence-electron chi connectivity index (χ1n) is 7.08. The van der Waals surface area contributed by atoms with Gasteiger partial charge in [0.1, 0.15) is 0 Å². The van der Waals surface area contributed by atoms with Crippen LogP contribution in [0.15, 0.2) is 29.1 Å². The number of fused-ring (bicyclic) bond motifs is 1. The number of aryl methyl sites for hydroxylation is 1. The van der Waals surface area contributed by atoms with E-state index in [1.807, 2.05) is 28.8 Å². The summed E-state index contributed by atoms with van der Waals surface area (Å²) in [5.74, 6) is 0.496. The maximum Gasteiger partial charge on any atom is 0.328 e. The molecule has 1 fully saturated rings. The van der Waals surface area contributed by atoms with E-state index in [1.54, 1.807) is 11.6 Å². The van der Waals surface area contributed by atoms with Gasteiger partial charge in [-0.2, -0.15) is 0 Å². The average molecular weight is 273 g/mol. The van der Waals surface area contributed by atoms with E-state index >= 15 is 0 Å². The molecule has 2 heterocycles. The zero-order valence-electron chi connectivity index (χ0n) is 11.6. The summed E-state index contributed by atoms with van der Waals surface area (Å²) >= 11 is 0. The Bertz CT molecular complexity index is 699. The van der Waals surface area contributed by atoms with E-state index < -0.39 is 0 Å². The van der Waals surface area contributed by atoms with Crippen molar-refractivity contribution in [2.24, 2.45) is 13.0 Å². The molecule has 1 aliphatic heterocycles. The minimum Gasteiger partial charge on any atom is -0.356 e. The molecule has 106 valence electrons. The highest BCUT2D eigenvalue weighted by Crippen LogP contribution is 2.19. The van der Waals surface area contributed by atoms with Crippen LogP contribution in [0.4, 0.5) is 0 Å². The molecule has 1 saturated heterocycles. The molecular weight excluding hydrogens is 254 g/mol. The standard InChI is InChI=1S/C15H19N3O2/c1-17-12-4-2-3-5-13(12)18(15(17)20)10-11-6-7-14(19)16-9-8-11/h2-5,11H,6-10H2,1H3,(H,16,19)/t11-/m0/s1. The molecule has 1 amide bonds. The first-order valence-corrected chi connectivity index (χ1v) is 7.08. The zero-order chi connectivity index (χ0) is 14.1. The van der Waals surface area contributed by atoms with Gasteiger partial charge >= 0.3 is 5.69 Å². The molecule has 5 nitrogen and oxygen atoms in total. The Hall–Kier alpha value is -2.04. The van der Waals surface area contributed by atoms with Gasteiger partial charge in [-0.3, -0.25) is 13.9 Å². The molecule has 20 heavy (non-hydrogen) atoms. The number of imidazole rings is 1. The van der Waals surface area contributed by atoms with Gasteiger partial charge in [-0.15, -0.1) is 0 Å². The van der Waals surface area contributed by atoms with Gasteiger partial charge in [-0.1, -0.05) is 12.1 Å². The van der Waals surface area contributed by atoms with Crippen molar-refractivity contribution >= 4 is 16.9 Å². The third-order valence-corrected chi connectivity index (χ3v) is 4.15. The van der Waals surface area contributed by atoms with Crippen LogP contribution in [0.1, 0.15) is 19.3 Å². The average Bonchev–Trinajstić information content (AvgIpc) is 2.61. The van der Waals surface area contributed by atoms with Crippen molar-refractivity contribution in [3.8, 4) is 0 Å². The molecule has 0 saturated carbocycles. The van der Waals surface area contributed by atoms with Crippen LogP contribution in [0, 0.1) is 5.92 Å². The van der Waals surface area contributed by atoms with Crippen molar-refractivity contribution in [3.05, 3.63) is 34.7 Å². The van der Waals surface area contributed by atoms with E-state index in [0.717, 1.165) is 23.9 Å². The Balaban J connectivity index is 1.93. The van der Waals surface area contributed by atoms with E-state index in [1.165, 1.54) is 0 Å². The fourth-order valence-corrected chi connectivity index (χ4v) is 2.96. The summed E-state index contributed by atoms with van der Waals surface area (Å²) in [6.07, 6.45) is 2.34. The van der Waals surface area contributed by atoms with Crippen LogP contribution in [0.5, 0.6) is 0 Å². The van der Waals surface area contributed by atoms with Crippen molar-refractivity contribution < 1.29 is 4.79 Å². The van der Waals surface area contributed by atoms with Gasteiger partial charge in [0, 0.05) is 26.6 Å².